The summed E-state index contributed by atoms with van der Waals surface area (Å²) in [6.07, 6.45) is 1.11. The van der Waals surface area contributed by atoms with Gasteiger partial charge in [0.05, 0.1) is 31.9 Å². The highest BCUT2D eigenvalue weighted by atomic mass is 19.1. The number of amides is 2. The maximum atomic E-state index is 15.3. The Morgan fingerprint density at radius 3 is 2.46 bits per heavy atom. The van der Waals surface area contributed by atoms with Crippen molar-refractivity contribution >= 4 is 11.8 Å². The summed E-state index contributed by atoms with van der Waals surface area (Å²) in [4.78, 5) is 35.9. The molecule has 10 nitrogen and oxygen atoms in total. The van der Waals surface area contributed by atoms with Gasteiger partial charge in [0.25, 0.3) is 5.91 Å². The first-order valence-electron chi connectivity index (χ1n) is 18.8. The van der Waals surface area contributed by atoms with Crippen molar-refractivity contribution in [2.75, 3.05) is 34.4 Å². The number of carbonyl (C=O) groups is 2. The number of methoxy groups -OCH3 is 1. The number of nitrogens with zero attached hydrogens (tertiary/aromatic N) is 2. The number of hydrogen-bond acceptors (Lipinski definition) is 8. The smallest absolute Gasteiger partial charge is 0.254 e. The second-order valence-corrected chi connectivity index (χ2v) is 17.6. The zero-order valence-electron chi connectivity index (χ0n) is 32.7. The van der Waals surface area contributed by atoms with E-state index >= 15 is 4.39 Å². The van der Waals surface area contributed by atoms with E-state index in [0.29, 0.717) is 46.7 Å². The minimum atomic E-state index is -0.924. The van der Waals surface area contributed by atoms with Crippen LogP contribution in [0, 0.1) is 40.3 Å². The molecule has 3 saturated carbocycles. The van der Waals surface area contributed by atoms with Gasteiger partial charge in [-0.15, -0.1) is 0 Å². The van der Waals surface area contributed by atoms with Crippen LogP contribution in [-0.2, 0) is 16.2 Å². The van der Waals surface area contributed by atoms with E-state index in [-0.39, 0.29) is 47.5 Å². The van der Waals surface area contributed by atoms with Crippen LogP contribution < -0.4 is 15.4 Å². The number of hydrogen-bond donors (Lipinski definition) is 4. The van der Waals surface area contributed by atoms with Crippen molar-refractivity contribution < 1.29 is 33.8 Å². The molecule has 0 unspecified atom stereocenters. The number of likely N-dealkylation sites (N-methyl/N-ethyl adjacent to an activating group) is 1. The Hall–Kier alpha value is -3.09. The van der Waals surface area contributed by atoms with Crippen LogP contribution in [0.1, 0.15) is 83.7 Å². The van der Waals surface area contributed by atoms with E-state index < -0.39 is 35.9 Å². The fraction of sp³-hybridized carbons (Fsp3) is 0.659. The molecule has 4 aliphatic rings. The molecule has 1 saturated heterocycles. The van der Waals surface area contributed by atoms with Crippen molar-refractivity contribution in [3.8, 4) is 16.9 Å². The van der Waals surface area contributed by atoms with Crippen LogP contribution in [0.15, 0.2) is 36.4 Å². The zero-order chi connectivity index (χ0) is 38.3. The van der Waals surface area contributed by atoms with Gasteiger partial charge in [-0.3, -0.25) is 14.4 Å². The molecule has 52 heavy (non-hydrogen) atoms. The molecule has 1 heterocycles. The summed E-state index contributed by atoms with van der Waals surface area (Å²) < 4.78 is 21.2. The molecule has 1 aliphatic heterocycles. The number of halogens is 1. The Labute approximate surface area is 309 Å². The maximum Gasteiger partial charge on any atom is 0.254 e. The number of ether oxygens (including phenoxy) is 1. The molecule has 2 bridgehead atoms. The second-order valence-electron chi connectivity index (χ2n) is 17.6. The molecule has 4 fully saturated rings. The van der Waals surface area contributed by atoms with Crippen molar-refractivity contribution in [1.82, 2.24) is 20.6 Å². The summed E-state index contributed by atoms with van der Waals surface area (Å²) in [5, 5.41) is 29.1. The Balaban J connectivity index is 1.41. The molecule has 6 rings (SSSR count). The van der Waals surface area contributed by atoms with Crippen LogP contribution in [-0.4, -0.2) is 96.7 Å². The van der Waals surface area contributed by atoms with Gasteiger partial charge in [0.1, 0.15) is 23.7 Å². The molecule has 11 heteroatoms. The van der Waals surface area contributed by atoms with E-state index in [9.17, 15) is 19.8 Å². The SMILES string of the molecule is COc1c(CN2O[C@@H](CO)[C@@H]([C@H](C)O)[C@H]2C(=O)N[C@H]2C[C@H]3C[C@H]([C@@H]2C)C3(C)C)cccc1-c1ccc(F)c(C(=O)N[C@@H](CN(C)C)CC(C)(C)C)c1. The van der Waals surface area contributed by atoms with Crippen LogP contribution in [0.4, 0.5) is 4.39 Å². The molecule has 4 N–H and O–H groups in total. The largest absolute Gasteiger partial charge is 0.496 e. The summed E-state index contributed by atoms with van der Waals surface area (Å²) in [6.45, 7) is 15.2. The van der Waals surface area contributed by atoms with Crippen LogP contribution in [0.5, 0.6) is 5.75 Å². The van der Waals surface area contributed by atoms with Crippen molar-refractivity contribution in [1.29, 1.82) is 0 Å². The third-order valence-corrected chi connectivity index (χ3v) is 12.0. The predicted octanol–water partition coefficient (Wildman–Crippen LogP) is 5.26. The van der Waals surface area contributed by atoms with E-state index in [4.69, 9.17) is 9.57 Å². The lowest BCUT2D eigenvalue weighted by Crippen LogP contribution is -2.62. The summed E-state index contributed by atoms with van der Waals surface area (Å²) in [5.41, 5.74) is 2.07. The van der Waals surface area contributed by atoms with Crippen LogP contribution in [0.25, 0.3) is 11.1 Å². The third-order valence-electron chi connectivity index (χ3n) is 12.0. The van der Waals surface area contributed by atoms with Gasteiger partial charge >= 0.3 is 0 Å². The summed E-state index contributed by atoms with van der Waals surface area (Å²) >= 11 is 0. The molecule has 0 radical (unpaired) electrons. The summed E-state index contributed by atoms with van der Waals surface area (Å²) in [5.74, 6) is -0.127. The molecule has 0 spiro atoms. The number of nitrogens with one attached hydrogen (secondary N) is 2. The Morgan fingerprint density at radius 2 is 1.88 bits per heavy atom. The highest BCUT2D eigenvalue weighted by Gasteiger charge is 2.57. The molecule has 0 aromatic heterocycles. The molecule has 2 aromatic rings. The third kappa shape index (κ3) is 8.34. The van der Waals surface area contributed by atoms with Gasteiger partial charge in [-0.25, -0.2) is 4.39 Å². The first kappa shape index (κ1) is 40.1. The van der Waals surface area contributed by atoms with E-state index in [1.165, 1.54) is 12.5 Å². The van der Waals surface area contributed by atoms with Crippen LogP contribution >= 0.6 is 0 Å². The number of carbonyl (C=O) groups excluding carboxylic acids is 2. The van der Waals surface area contributed by atoms with Crippen LogP contribution in [0.3, 0.4) is 0 Å². The number of fused-ring (bicyclic) bond motifs is 2. The fourth-order valence-electron chi connectivity index (χ4n) is 9.30. The normalized spacial score (nSPS) is 28.2. The van der Waals surface area contributed by atoms with Gasteiger partial charge in [0, 0.05) is 35.7 Å². The molecule has 2 amide bonds. The van der Waals surface area contributed by atoms with E-state index in [1.807, 2.05) is 37.2 Å². The van der Waals surface area contributed by atoms with Gasteiger partial charge in [0.2, 0.25) is 5.91 Å². The topological polar surface area (TPSA) is 124 Å². The van der Waals surface area contributed by atoms with Crippen molar-refractivity contribution in [2.45, 2.75) is 105 Å². The van der Waals surface area contributed by atoms with Gasteiger partial charge in [-0.1, -0.05) is 65.8 Å². The minimum Gasteiger partial charge on any atom is -0.496 e. The molecule has 2 aromatic carbocycles. The highest BCUT2D eigenvalue weighted by molar-refractivity contribution is 5.96. The predicted molar refractivity (Wildman–Crippen MR) is 200 cm³/mol. The zero-order valence-corrected chi connectivity index (χ0v) is 32.7. The maximum absolute atomic E-state index is 15.3. The van der Waals surface area contributed by atoms with E-state index in [0.717, 1.165) is 12.8 Å². The van der Waals surface area contributed by atoms with Gasteiger partial charge in [0.15, 0.2) is 0 Å². The quantitative estimate of drug-likeness (QED) is 0.221. The fourth-order valence-corrected chi connectivity index (χ4v) is 9.30. The molecule has 288 valence electrons. The Bertz CT molecular complexity index is 1590. The van der Waals surface area contributed by atoms with E-state index in [2.05, 4.69) is 52.2 Å². The van der Waals surface area contributed by atoms with Gasteiger partial charge in [-0.2, -0.15) is 5.06 Å². The lowest BCUT2D eigenvalue weighted by atomic mass is 9.45. The number of aliphatic hydroxyl groups is 2. The Kier molecular flexibility index (Phi) is 12.1. The van der Waals surface area contributed by atoms with Crippen LogP contribution in [0.2, 0.25) is 0 Å². The summed E-state index contributed by atoms with van der Waals surface area (Å²) in [6, 6.07) is 8.96. The highest BCUT2D eigenvalue weighted by Crippen LogP contribution is 2.61. The number of rotatable bonds is 13. The molecular weight excluding hydrogens is 663 g/mol. The summed E-state index contributed by atoms with van der Waals surface area (Å²) in [7, 11) is 5.43. The average Bonchev–Trinajstić information content (AvgIpc) is 3.43. The van der Waals surface area contributed by atoms with Crippen molar-refractivity contribution in [3.63, 3.8) is 0 Å². The molecule has 9 atom stereocenters. The molecular formula is C41H61FN4O6. The first-order chi connectivity index (χ1) is 24.4. The Morgan fingerprint density at radius 1 is 1.17 bits per heavy atom. The average molecular weight is 725 g/mol. The standard InChI is InChI=1S/C41H61FN4O6/c1-23-31-17-27(41(31,6)7)18-33(23)44-39(50)36-35(24(2)48)34(22-47)52-46(36)20-26-12-11-13-29(37(26)51-10)25-14-15-32(42)30(16-25)38(49)43-28(21-45(8)9)19-40(3,4)5/h11-16,23-24,27-28,31,33-36,47-48H,17-22H2,1-10H3,(H,43,49)(H,44,50)/t23-,24-,27+,28+,31+,33-,34-,35+,36-/m0/s1. The first-order valence-corrected chi connectivity index (χ1v) is 18.8. The lowest BCUT2D eigenvalue weighted by molar-refractivity contribution is -0.183. The number of para-hydroxylation sites is 1. The van der Waals surface area contributed by atoms with Crippen molar-refractivity contribution in [3.05, 3.63) is 53.3 Å². The second kappa shape index (κ2) is 15.7. The monoisotopic (exact) mass is 724 g/mol. The van der Waals surface area contributed by atoms with Gasteiger partial charge in [-0.05, 0) is 86.6 Å². The number of benzene rings is 2. The molecule has 3 aliphatic carbocycles. The van der Waals surface area contributed by atoms with Gasteiger partial charge < -0.3 is 30.5 Å². The van der Waals surface area contributed by atoms with Crippen molar-refractivity contribution in [2.24, 2.45) is 34.5 Å². The van der Waals surface area contributed by atoms with E-state index in [1.54, 1.807) is 31.2 Å². The number of hydroxylamine groups is 2. The lowest BCUT2D eigenvalue weighted by Gasteiger charge is -2.62. The number of aliphatic hydroxyl groups excluding tert-OH is 2. The minimum absolute atomic E-state index is 0.0170.